The van der Waals surface area contributed by atoms with E-state index in [-0.39, 0.29) is 5.82 Å². The second kappa shape index (κ2) is 4.24. The number of nitro groups is 1. The van der Waals surface area contributed by atoms with Gasteiger partial charge >= 0.3 is 5.69 Å². The number of aromatic nitrogens is 3. The number of halogens is 2. The molecule has 2 rings (SSSR count). The monoisotopic (exact) mass is 239 g/mol. The first-order valence-electron chi connectivity index (χ1n) is 4.45. The van der Waals surface area contributed by atoms with Crippen molar-refractivity contribution in [2.24, 2.45) is 0 Å². The van der Waals surface area contributed by atoms with Crippen molar-refractivity contribution in [3.63, 3.8) is 0 Å². The van der Waals surface area contributed by atoms with Crippen LogP contribution in [0.25, 0.3) is 5.82 Å². The van der Waals surface area contributed by atoms with Crippen LogP contribution < -0.4 is 0 Å². The Kier molecular flexibility index (Phi) is 2.77. The first kappa shape index (κ1) is 11.1. The summed E-state index contributed by atoms with van der Waals surface area (Å²) in [6.07, 6.45) is -0.557. The van der Waals surface area contributed by atoms with Gasteiger partial charge in [-0.3, -0.25) is 10.1 Å². The predicted molar refractivity (Wildman–Crippen MR) is 51.8 cm³/mol. The van der Waals surface area contributed by atoms with Gasteiger partial charge in [0.15, 0.2) is 0 Å². The van der Waals surface area contributed by atoms with Crippen molar-refractivity contribution in [3.8, 4) is 5.82 Å². The third kappa shape index (κ3) is 1.96. The van der Waals surface area contributed by atoms with Crippen molar-refractivity contribution in [3.05, 3.63) is 46.4 Å². The fraction of sp³-hybridized carbons (Fsp3) is 0.111. The zero-order valence-corrected chi connectivity index (χ0v) is 8.25. The van der Waals surface area contributed by atoms with E-state index in [1.807, 2.05) is 0 Å². The first-order valence-corrected chi connectivity index (χ1v) is 4.45. The Labute approximate surface area is 93.7 Å². The molecule has 0 saturated heterocycles. The summed E-state index contributed by atoms with van der Waals surface area (Å²) in [4.78, 5) is 13.7. The van der Waals surface area contributed by atoms with Gasteiger partial charge in [0.25, 0.3) is 6.43 Å². The smallest absolute Gasteiger partial charge is 0.258 e. The van der Waals surface area contributed by atoms with Crippen molar-refractivity contribution in [2.75, 3.05) is 0 Å². The number of alkyl halides is 2. The lowest BCUT2D eigenvalue weighted by molar-refractivity contribution is -0.385. The van der Waals surface area contributed by atoms with E-state index in [2.05, 4.69) is 16.1 Å². The van der Waals surface area contributed by atoms with Crippen LogP contribution in [0.4, 0.5) is 14.5 Å². The molecule has 0 N–H and O–H groups in total. The zero-order valence-electron chi connectivity index (χ0n) is 8.25. The summed E-state index contributed by atoms with van der Waals surface area (Å²) in [6.45, 7) is 0. The lowest BCUT2D eigenvalue weighted by Gasteiger charge is -2.05. The quantitative estimate of drug-likeness (QED) is 0.605. The highest BCUT2D eigenvalue weighted by molar-refractivity contribution is 5.46. The average molecular weight is 239 g/mol. The van der Waals surface area contributed by atoms with Gasteiger partial charge in [-0.25, -0.2) is 18.4 Å². The fourth-order valence-electron chi connectivity index (χ4n) is 1.29. The molecule has 0 aliphatic rings. The van der Waals surface area contributed by atoms with Gasteiger partial charge in [0.1, 0.15) is 5.69 Å². The van der Waals surface area contributed by atoms with Gasteiger partial charge in [-0.15, -0.1) is 0 Å². The maximum Gasteiger partial charge on any atom is 0.313 e. The number of rotatable bonds is 3. The van der Waals surface area contributed by atoms with Crippen LogP contribution in [0.1, 0.15) is 12.1 Å². The van der Waals surface area contributed by atoms with Crippen LogP contribution in [-0.2, 0) is 0 Å². The van der Waals surface area contributed by atoms with Gasteiger partial charge in [0.2, 0.25) is 5.82 Å². The van der Waals surface area contributed by atoms with Crippen LogP contribution in [0.2, 0.25) is 0 Å². The lowest BCUT2D eigenvalue weighted by atomic mass is 10.3. The Hall–Kier alpha value is -2.38. The van der Waals surface area contributed by atoms with E-state index in [0.717, 1.165) is 6.20 Å². The first-order chi connectivity index (χ1) is 8.11. The third-order valence-corrected chi connectivity index (χ3v) is 1.98. The summed E-state index contributed by atoms with van der Waals surface area (Å²) in [6, 6.07) is 4.72. The van der Waals surface area contributed by atoms with E-state index in [0.29, 0.717) is 4.68 Å². The number of hydrogen-bond donors (Lipinski definition) is 0. The Morgan fingerprint density at radius 2 is 2.29 bits per heavy atom. The molecule has 0 spiro atoms. The molecule has 0 atom stereocenters. The maximum atomic E-state index is 12.6. The van der Waals surface area contributed by atoms with Crippen molar-refractivity contribution < 1.29 is 13.7 Å². The van der Waals surface area contributed by atoms with Gasteiger partial charge in [0, 0.05) is 18.3 Å². The molecule has 2 heterocycles. The van der Waals surface area contributed by atoms with Crippen LogP contribution in [0.5, 0.6) is 0 Å². The zero-order chi connectivity index (χ0) is 12.4. The van der Waals surface area contributed by atoms with E-state index in [4.69, 9.17) is 0 Å². The molecule has 6 nitrogen and oxygen atoms in total. The standard InChI is InChI=1S/C9H5F2N4O2/c10-8(11)6-3-5-13-14(6)9-7(15(16)17)2-1-4-12-9/h1-2,4-5,8H. The molecule has 0 aliphatic carbocycles. The van der Waals surface area contributed by atoms with Crippen LogP contribution in [0, 0.1) is 16.2 Å². The van der Waals surface area contributed by atoms with Crippen molar-refractivity contribution in [1.82, 2.24) is 14.8 Å². The molecule has 8 heteroatoms. The SMILES string of the molecule is O=[N+]([O-])c1cccnc1-n1nc[c]c1C(F)F. The number of nitrogens with zero attached hydrogens (tertiary/aromatic N) is 4. The molecular formula is C9H5F2N4O2. The van der Waals surface area contributed by atoms with E-state index in [9.17, 15) is 18.9 Å². The summed E-state index contributed by atoms with van der Waals surface area (Å²) in [5.41, 5.74) is -0.960. The number of pyridine rings is 1. The molecule has 0 amide bonds. The van der Waals surface area contributed by atoms with Gasteiger partial charge in [-0.05, 0) is 6.07 Å². The van der Waals surface area contributed by atoms with Crippen molar-refractivity contribution in [1.29, 1.82) is 0 Å². The summed E-state index contributed by atoms with van der Waals surface area (Å²) in [7, 11) is 0. The van der Waals surface area contributed by atoms with Crippen LogP contribution in [0.15, 0.2) is 24.5 Å². The second-order valence-corrected chi connectivity index (χ2v) is 2.99. The number of hydrogen-bond acceptors (Lipinski definition) is 4. The molecule has 0 bridgehead atoms. The summed E-state index contributed by atoms with van der Waals surface area (Å²) < 4.78 is 25.9. The van der Waals surface area contributed by atoms with Crippen molar-refractivity contribution in [2.45, 2.75) is 6.43 Å². The highest BCUT2D eigenvalue weighted by Gasteiger charge is 2.22. The topological polar surface area (TPSA) is 73.8 Å². The van der Waals surface area contributed by atoms with Gasteiger partial charge in [-0.1, -0.05) is 0 Å². The van der Waals surface area contributed by atoms with E-state index >= 15 is 0 Å². The Bertz CT molecular complexity index is 555. The highest BCUT2D eigenvalue weighted by atomic mass is 19.3. The van der Waals surface area contributed by atoms with E-state index in [1.54, 1.807) is 0 Å². The molecule has 0 unspecified atom stereocenters. The molecule has 2 aromatic rings. The van der Waals surface area contributed by atoms with Crippen LogP contribution in [0.3, 0.4) is 0 Å². The fourth-order valence-corrected chi connectivity index (χ4v) is 1.29. The molecule has 0 aliphatic heterocycles. The van der Waals surface area contributed by atoms with E-state index < -0.39 is 22.7 Å². The van der Waals surface area contributed by atoms with Crippen LogP contribution >= 0.6 is 0 Å². The Morgan fingerprint density at radius 3 is 2.94 bits per heavy atom. The normalized spacial score (nSPS) is 10.8. The summed E-state index contributed by atoms with van der Waals surface area (Å²) >= 11 is 0. The Morgan fingerprint density at radius 1 is 1.53 bits per heavy atom. The predicted octanol–water partition coefficient (Wildman–Crippen LogP) is 1.91. The Balaban J connectivity index is 2.60. The molecule has 0 saturated carbocycles. The van der Waals surface area contributed by atoms with Crippen molar-refractivity contribution >= 4 is 5.69 Å². The van der Waals surface area contributed by atoms with Gasteiger partial charge < -0.3 is 0 Å². The molecule has 1 radical (unpaired) electrons. The molecule has 2 aromatic heterocycles. The second-order valence-electron chi connectivity index (χ2n) is 2.99. The molecule has 87 valence electrons. The maximum absolute atomic E-state index is 12.6. The summed E-state index contributed by atoms with van der Waals surface area (Å²) in [5.74, 6) is -0.256. The van der Waals surface area contributed by atoms with Crippen LogP contribution in [-0.4, -0.2) is 19.7 Å². The largest absolute Gasteiger partial charge is 0.313 e. The minimum absolute atomic E-state index is 0.256. The highest BCUT2D eigenvalue weighted by Crippen LogP contribution is 2.24. The van der Waals surface area contributed by atoms with Gasteiger partial charge in [-0.2, -0.15) is 5.10 Å². The summed E-state index contributed by atoms with van der Waals surface area (Å²) in [5, 5.41) is 14.3. The lowest BCUT2D eigenvalue weighted by Crippen LogP contribution is -2.07. The molecular weight excluding hydrogens is 234 g/mol. The minimum atomic E-state index is -2.83. The molecule has 17 heavy (non-hydrogen) atoms. The van der Waals surface area contributed by atoms with Gasteiger partial charge in [0.05, 0.1) is 11.1 Å². The third-order valence-electron chi connectivity index (χ3n) is 1.98. The van der Waals surface area contributed by atoms with E-state index in [1.165, 1.54) is 18.3 Å². The minimum Gasteiger partial charge on any atom is -0.258 e. The molecule has 0 fully saturated rings. The molecule has 0 aromatic carbocycles. The average Bonchev–Trinajstić information content (AvgIpc) is 2.77.